The first-order valence-corrected chi connectivity index (χ1v) is 7.02. The van der Waals surface area contributed by atoms with Crippen LogP contribution < -0.4 is 5.32 Å². The first-order chi connectivity index (χ1) is 9.13. The summed E-state index contributed by atoms with van der Waals surface area (Å²) in [6, 6.07) is 2.97. The Hall–Kier alpha value is -0.670. The Morgan fingerprint density at radius 2 is 1.79 bits per heavy atom. The van der Waals surface area contributed by atoms with E-state index in [4.69, 9.17) is 9.47 Å². The van der Waals surface area contributed by atoms with Crippen LogP contribution >= 0.6 is 0 Å². The van der Waals surface area contributed by atoms with Crippen molar-refractivity contribution >= 4 is 0 Å². The highest BCUT2D eigenvalue weighted by atomic mass is 16.5. The van der Waals surface area contributed by atoms with Crippen LogP contribution in [0.25, 0.3) is 0 Å². The molecule has 0 spiro atoms. The lowest BCUT2D eigenvalue weighted by molar-refractivity contribution is 0.109. The number of rotatable bonds is 11. The molecule has 1 unspecified atom stereocenters. The maximum atomic E-state index is 9.35. The highest BCUT2D eigenvalue weighted by molar-refractivity contribution is 5.07. The molecule has 0 bridgehead atoms. The Bertz CT molecular complexity index is 281. The van der Waals surface area contributed by atoms with Gasteiger partial charge in [0, 0.05) is 39.9 Å². The summed E-state index contributed by atoms with van der Waals surface area (Å²) in [5, 5.41) is 12.8. The van der Waals surface area contributed by atoms with Crippen LogP contribution in [0.4, 0.5) is 0 Å². The molecule has 5 heteroatoms. The SMILES string of the molecule is COCCN(CCOC)CCC(C)(C#N)NC1CC1. The molecule has 0 aliphatic heterocycles. The van der Waals surface area contributed by atoms with Gasteiger partial charge in [-0.15, -0.1) is 0 Å². The molecule has 1 rings (SSSR count). The molecule has 0 aromatic carbocycles. The first-order valence-electron chi connectivity index (χ1n) is 7.02. The summed E-state index contributed by atoms with van der Waals surface area (Å²) in [4.78, 5) is 2.29. The molecule has 1 aliphatic rings. The van der Waals surface area contributed by atoms with E-state index in [0.717, 1.165) is 26.1 Å². The minimum atomic E-state index is -0.417. The lowest BCUT2D eigenvalue weighted by Crippen LogP contribution is -2.45. The van der Waals surface area contributed by atoms with Crippen molar-refractivity contribution in [2.24, 2.45) is 0 Å². The summed E-state index contributed by atoms with van der Waals surface area (Å²) in [7, 11) is 3.42. The predicted molar refractivity (Wildman–Crippen MR) is 75.0 cm³/mol. The van der Waals surface area contributed by atoms with Gasteiger partial charge in [-0.2, -0.15) is 5.26 Å². The zero-order chi connectivity index (χ0) is 14.1. The molecule has 0 saturated heterocycles. The topological polar surface area (TPSA) is 57.5 Å². The minimum Gasteiger partial charge on any atom is -0.383 e. The summed E-state index contributed by atoms with van der Waals surface area (Å²) in [5.74, 6) is 0. The van der Waals surface area contributed by atoms with Crippen LogP contribution in [0.1, 0.15) is 26.2 Å². The van der Waals surface area contributed by atoms with E-state index in [0.29, 0.717) is 19.3 Å². The van der Waals surface area contributed by atoms with Crippen LogP contribution in [0.5, 0.6) is 0 Å². The third-order valence-electron chi connectivity index (χ3n) is 3.50. The third-order valence-corrected chi connectivity index (χ3v) is 3.50. The van der Waals surface area contributed by atoms with Crippen molar-refractivity contribution in [1.29, 1.82) is 5.26 Å². The number of nitriles is 1. The second-order valence-electron chi connectivity index (χ2n) is 5.44. The van der Waals surface area contributed by atoms with Crippen molar-refractivity contribution in [3.63, 3.8) is 0 Å². The monoisotopic (exact) mass is 269 g/mol. The Labute approximate surface area is 116 Å². The lowest BCUT2D eigenvalue weighted by atomic mass is 9.99. The maximum Gasteiger partial charge on any atom is 0.105 e. The maximum absolute atomic E-state index is 9.35. The molecule has 0 radical (unpaired) electrons. The average Bonchev–Trinajstić information content (AvgIpc) is 3.21. The Balaban J connectivity index is 2.36. The molecule has 110 valence electrons. The standard InChI is InChI=1S/C14H27N3O2/c1-14(12-15,16-13-4-5-13)6-7-17(8-10-18-2)9-11-19-3/h13,16H,4-11H2,1-3H3. The number of nitrogens with zero attached hydrogens (tertiary/aromatic N) is 2. The highest BCUT2D eigenvalue weighted by Crippen LogP contribution is 2.23. The molecule has 19 heavy (non-hydrogen) atoms. The summed E-state index contributed by atoms with van der Waals surface area (Å²) < 4.78 is 10.2. The predicted octanol–water partition coefficient (Wildman–Crippen LogP) is 1.01. The second-order valence-corrected chi connectivity index (χ2v) is 5.44. The van der Waals surface area contributed by atoms with Crippen molar-refractivity contribution < 1.29 is 9.47 Å². The number of ether oxygens (including phenoxy) is 2. The van der Waals surface area contributed by atoms with E-state index in [9.17, 15) is 5.26 Å². The molecule has 1 aliphatic carbocycles. The minimum absolute atomic E-state index is 0.417. The second kappa shape index (κ2) is 8.49. The number of nitrogens with one attached hydrogen (secondary N) is 1. The quantitative estimate of drug-likeness (QED) is 0.606. The molecule has 0 aromatic heterocycles. The van der Waals surface area contributed by atoms with Gasteiger partial charge in [0.15, 0.2) is 0 Å². The highest BCUT2D eigenvalue weighted by Gasteiger charge is 2.32. The fourth-order valence-electron chi connectivity index (χ4n) is 2.00. The molecule has 5 nitrogen and oxygen atoms in total. The lowest BCUT2D eigenvalue weighted by Gasteiger charge is -2.28. The summed E-state index contributed by atoms with van der Waals surface area (Å²) in [5.41, 5.74) is -0.417. The van der Waals surface area contributed by atoms with Crippen LogP contribution in [0, 0.1) is 11.3 Å². The Morgan fingerprint density at radius 3 is 2.21 bits per heavy atom. The summed E-state index contributed by atoms with van der Waals surface area (Å²) in [6.07, 6.45) is 3.23. The van der Waals surface area contributed by atoms with Crippen molar-refractivity contribution in [2.75, 3.05) is 47.1 Å². The number of hydrogen-bond acceptors (Lipinski definition) is 5. The molecular formula is C14H27N3O2. The van der Waals surface area contributed by atoms with E-state index in [1.807, 2.05) is 6.92 Å². The van der Waals surface area contributed by atoms with Gasteiger partial charge < -0.3 is 9.47 Å². The van der Waals surface area contributed by atoms with Gasteiger partial charge in [-0.1, -0.05) is 0 Å². The number of hydrogen-bond donors (Lipinski definition) is 1. The molecule has 1 saturated carbocycles. The van der Waals surface area contributed by atoms with Crippen LogP contribution in [0.2, 0.25) is 0 Å². The summed E-state index contributed by atoms with van der Waals surface area (Å²) in [6.45, 7) is 6.06. The fraction of sp³-hybridized carbons (Fsp3) is 0.929. The van der Waals surface area contributed by atoms with Crippen LogP contribution in [-0.4, -0.2) is 63.5 Å². The van der Waals surface area contributed by atoms with Crippen LogP contribution in [-0.2, 0) is 9.47 Å². The van der Waals surface area contributed by atoms with Gasteiger partial charge in [0.1, 0.15) is 5.54 Å². The first kappa shape index (κ1) is 16.4. The molecule has 0 amide bonds. The van der Waals surface area contributed by atoms with E-state index in [1.54, 1.807) is 14.2 Å². The Morgan fingerprint density at radius 1 is 1.21 bits per heavy atom. The van der Waals surface area contributed by atoms with Crippen molar-refractivity contribution in [3.8, 4) is 6.07 Å². The van der Waals surface area contributed by atoms with E-state index < -0.39 is 5.54 Å². The molecule has 1 N–H and O–H groups in total. The molecule has 0 heterocycles. The van der Waals surface area contributed by atoms with Gasteiger partial charge in [0.05, 0.1) is 19.3 Å². The van der Waals surface area contributed by atoms with Crippen molar-refractivity contribution in [1.82, 2.24) is 10.2 Å². The summed E-state index contributed by atoms with van der Waals surface area (Å²) >= 11 is 0. The largest absolute Gasteiger partial charge is 0.383 e. The van der Waals surface area contributed by atoms with Crippen molar-refractivity contribution in [2.45, 2.75) is 37.8 Å². The molecule has 1 atom stereocenters. The number of methoxy groups -OCH3 is 2. The van der Waals surface area contributed by atoms with Gasteiger partial charge in [0.2, 0.25) is 0 Å². The van der Waals surface area contributed by atoms with Gasteiger partial charge in [-0.3, -0.25) is 10.2 Å². The van der Waals surface area contributed by atoms with Gasteiger partial charge in [0.25, 0.3) is 0 Å². The molecule has 1 fully saturated rings. The average molecular weight is 269 g/mol. The third kappa shape index (κ3) is 6.88. The van der Waals surface area contributed by atoms with Crippen molar-refractivity contribution in [3.05, 3.63) is 0 Å². The van der Waals surface area contributed by atoms with Crippen LogP contribution in [0.3, 0.4) is 0 Å². The van der Waals surface area contributed by atoms with E-state index in [-0.39, 0.29) is 0 Å². The van der Waals surface area contributed by atoms with Crippen LogP contribution in [0.15, 0.2) is 0 Å². The van der Waals surface area contributed by atoms with Gasteiger partial charge >= 0.3 is 0 Å². The molecule has 0 aromatic rings. The van der Waals surface area contributed by atoms with E-state index in [1.165, 1.54) is 12.8 Å². The van der Waals surface area contributed by atoms with Gasteiger partial charge in [-0.25, -0.2) is 0 Å². The normalized spacial score (nSPS) is 18.3. The fourth-order valence-corrected chi connectivity index (χ4v) is 2.00. The molecular weight excluding hydrogens is 242 g/mol. The Kier molecular flexibility index (Phi) is 7.32. The van der Waals surface area contributed by atoms with E-state index >= 15 is 0 Å². The zero-order valence-electron chi connectivity index (χ0n) is 12.4. The van der Waals surface area contributed by atoms with E-state index in [2.05, 4.69) is 16.3 Å². The van der Waals surface area contributed by atoms with Gasteiger partial charge in [-0.05, 0) is 26.2 Å². The smallest absolute Gasteiger partial charge is 0.105 e. The zero-order valence-corrected chi connectivity index (χ0v) is 12.4.